The molecule has 2 heterocycles. The summed E-state index contributed by atoms with van der Waals surface area (Å²) in [6.07, 6.45) is 4.57. The summed E-state index contributed by atoms with van der Waals surface area (Å²) in [5.41, 5.74) is 9.24. The SMILES string of the molecule is Cl.Cl.NC(CC(=O)NC(c1ncnc2ccccc12)C1CCNCC1)Cc1ccccc1. The van der Waals surface area contributed by atoms with Crippen molar-refractivity contribution in [1.29, 1.82) is 0 Å². The highest BCUT2D eigenvalue weighted by molar-refractivity contribution is 5.85. The van der Waals surface area contributed by atoms with Gasteiger partial charge < -0.3 is 16.4 Å². The van der Waals surface area contributed by atoms with Gasteiger partial charge in [0, 0.05) is 17.8 Å². The first kappa shape index (κ1) is 26.0. The van der Waals surface area contributed by atoms with E-state index in [2.05, 4.69) is 20.6 Å². The van der Waals surface area contributed by atoms with E-state index in [1.54, 1.807) is 6.33 Å². The molecule has 2 atom stereocenters. The molecule has 1 amide bonds. The van der Waals surface area contributed by atoms with E-state index in [1.165, 1.54) is 0 Å². The van der Waals surface area contributed by atoms with Gasteiger partial charge in [-0.25, -0.2) is 9.97 Å². The third kappa shape index (κ3) is 6.62. The number of nitrogens with one attached hydrogen (secondary N) is 2. The second kappa shape index (κ2) is 12.7. The van der Waals surface area contributed by atoms with Gasteiger partial charge in [-0.3, -0.25) is 4.79 Å². The molecule has 1 fully saturated rings. The number of hydrogen-bond donors (Lipinski definition) is 3. The van der Waals surface area contributed by atoms with Crippen LogP contribution in [0, 0.1) is 5.92 Å². The Morgan fingerprint density at radius 1 is 1.03 bits per heavy atom. The minimum absolute atomic E-state index is 0. The van der Waals surface area contributed by atoms with E-state index in [0.29, 0.717) is 18.8 Å². The van der Waals surface area contributed by atoms with Crippen molar-refractivity contribution in [2.75, 3.05) is 13.1 Å². The maximum atomic E-state index is 13.0. The molecule has 0 saturated carbocycles. The van der Waals surface area contributed by atoms with Crippen LogP contribution in [0.3, 0.4) is 0 Å². The Bertz CT molecular complexity index is 977. The van der Waals surface area contributed by atoms with Crippen LogP contribution in [0.1, 0.15) is 36.6 Å². The predicted octanol–water partition coefficient (Wildman–Crippen LogP) is 3.59. The monoisotopic (exact) mass is 475 g/mol. The summed E-state index contributed by atoms with van der Waals surface area (Å²) >= 11 is 0. The lowest BCUT2D eigenvalue weighted by atomic mass is 9.86. The number of benzene rings is 2. The summed E-state index contributed by atoms with van der Waals surface area (Å²) in [6, 6.07) is 17.7. The van der Waals surface area contributed by atoms with Crippen LogP contribution in [0.2, 0.25) is 0 Å². The zero-order valence-electron chi connectivity index (χ0n) is 17.9. The molecule has 0 radical (unpaired) electrons. The van der Waals surface area contributed by atoms with Crippen LogP contribution in [-0.4, -0.2) is 35.0 Å². The van der Waals surface area contributed by atoms with Crippen LogP contribution in [0.4, 0.5) is 0 Å². The second-order valence-electron chi connectivity index (χ2n) is 8.06. The normalized spacial score (nSPS) is 15.8. The first-order chi connectivity index (χ1) is 14.7. The van der Waals surface area contributed by atoms with E-state index in [4.69, 9.17) is 5.73 Å². The molecule has 8 heteroatoms. The Morgan fingerprint density at radius 2 is 1.72 bits per heavy atom. The number of halogens is 2. The number of amides is 1. The average Bonchev–Trinajstić information content (AvgIpc) is 2.78. The van der Waals surface area contributed by atoms with Gasteiger partial charge in [0.1, 0.15) is 6.33 Å². The smallest absolute Gasteiger partial charge is 0.222 e. The fourth-order valence-corrected chi connectivity index (χ4v) is 4.32. The van der Waals surface area contributed by atoms with Crippen molar-refractivity contribution >= 4 is 41.6 Å². The van der Waals surface area contributed by atoms with Gasteiger partial charge >= 0.3 is 0 Å². The summed E-state index contributed by atoms with van der Waals surface area (Å²) in [6.45, 7) is 1.90. The van der Waals surface area contributed by atoms with Gasteiger partial charge in [0.05, 0.1) is 17.3 Å². The molecule has 2 unspecified atom stereocenters. The number of aromatic nitrogens is 2. The zero-order chi connectivity index (χ0) is 20.8. The molecular weight excluding hydrogens is 445 g/mol. The number of carbonyl (C=O) groups is 1. The predicted molar refractivity (Wildman–Crippen MR) is 133 cm³/mol. The Kier molecular flexibility index (Phi) is 10.3. The van der Waals surface area contributed by atoms with Gasteiger partial charge in [-0.2, -0.15) is 0 Å². The number of nitrogens with two attached hydrogens (primary N) is 1. The van der Waals surface area contributed by atoms with Crippen LogP contribution in [0.25, 0.3) is 10.9 Å². The fourth-order valence-electron chi connectivity index (χ4n) is 4.32. The topological polar surface area (TPSA) is 92.9 Å². The van der Waals surface area contributed by atoms with Crippen LogP contribution < -0.4 is 16.4 Å². The minimum Gasteiger partial charge on any atom is -0.347 e. The van der Waals surface area contributed by atoms with Crippen molar-refractivity contribution in [3.05, 3.63) is 72.2 Å². The largest absolute Gasteiger partial charge is 0.347 e. The maximum absolute atomic E-state index is 13.0. The Labute approximate surface area is 201 Å². The second-order valence-corrected chi connectivity index (χ2v) is 8.06. The lowest BCUT2D eigenvalue weighted by molar-refractivity contribution is -0.122. The lowest BCUT2D eigenvalue weighted by Gasteiger charge is -2.32. The number of hydrogen-bond acceptors (Lipinski definition) is 5. The van der Waals surface area contributed by atoms with Gasteiger partial charge in [-0.1, -0.05) is 48.5 Å². The Morgan fingerprint density at radius 3 is 2.47 bits per heavy atom. The highest BCUT2D eigenvalue weighted by Gasteiger charge is 2.29. The number of piperidine rings is 1. The van der Waals surface area contributed by atoms with E-state index < -0.39 is 0 Å². The number of nitrogens with zero attached hydrogens (tertiary/aromatic N) is 2. The van der Waals surface area contributed by atoms with E-state index >= 15 is 0 Å². The molecule has 32 heavy (non-hydrogen) atoms. The molecular formula is C24H31Cl2N5O. The van der Waals surface area contributed by atoms with Gasteiger partial charge in [-0.05, 0) is 49.9 Å². The molecule has 4 N–H and O–H groups in total. The quantitative estimate of drug-likeness (QED) is 0.485. The molecule has 172 valence electrons. The molecule has 0 bridgehead atoms. The Hall–Kier alpha value is -2.25. The summed E-state index contributed by atoms with van der Waals surface area (Å²) in [5, 5.41) is 7.68. The third-order valence-corrected chi connectivity index (χ3v) is 5.83. The van der Waals surface area contributed by atoms with Gasteiger partial charge in [0.15, 0.2) is 0 Å². The number of para-hydroxylation sites is 1. The molecule has 0 spiro atoms. The van der Waals surface area contributed by atoms with Crippen LogP contribution in [-0.2, 0) is 11.2 Å². The average molecular weight is 476 g/mol. The molecule has 0 aliphatic carbocycles. The molecule has 1 aromatic heterocycles. The Balaban J connectivity index is 0.00000181. The van der Waals surface area contributed by atoms with Gasteiger partial charge in [0.2, 0.25) is 5.91 Å². The highest BCUT2D eigenvalue weighted by Crippen LogP contribution is 2.31. The van der Waals surface area contributed by atoms with Crippen molar-refractivity contribution in [1.82, 2.24) is 20.6 Å². The summed E-state index contributed by atoms with van der Waals surface area (Å²) in [5.74, 6) is 0.309. The van der Waals surface area contributed by atoms with E-state index in [0.717, 1.165) is 48.1 Å². The first-order valence-electron chi connectivity index (χ1n) is 10.7. The molecule has 3 aromatic rings. The van der Waals surface area contributed by atoms with Crippen molar-refractivity contribution < 1.29 is 4.79 Å². The fraction of sp³-hybridized carbons (Fsp3) is 0.375. The lowest BCUT2D eigenvalue weighted by Crippen LogP contribution is -2.41. The van der Waals surface area contributed by atoms with Crippen molar-refractivity contribution in [3.63, 3.8) is 0 Å². The molecule has 1 aliphatic rings. The molecule has 4 rings (SSSR count). The molecule has 2 aromatic carbocycles. The minimum atomic E-state index is -0.219. The van der Waals surface area contributed by atoms with Crippen molar-refractivity contribution in [2.24, 2.45) is 11.7 Å². The number of fused-ring (bicyclic) bond motifs is 1. The maximum Gasteiger partial charge on any atom is 0.222 e. The van der Waals surface area contributed by atoms with Crippen LogP contribution in [0.15, 0.2) is 60.9 Å². The molecule has 6 nitrogen and oxygen atoms in total. The standard InChI is InChI=1S/C24H29N5O.2ClH/c25-19(14-17-6-2-1-3-7-17)15-22(30)29-23(18-10-12-26-13-11-18)24-20-8-4-5-9-21(20)27-16-28-24;;/h1-9,16,18-19,23,26H,10-15,25H2,(H,29,30);2*1H. The van der Waals surface area contributed by atoms with E-state index in [9.17, 15) is 4.79 Å². The third-order valence-electron chi connectivity index (χ3n) is 5.83. The highest BCUT2D eigenvalue weighted by atomic mass is 35.5. The van der Waals surface area contributed by atoms with E-state index in [1.807, 2.05) is 54.6 Å². The zero-order valence-corrected chi connectivity index (χ0v) is 19.6. The number of carbonyl (C=O) groups excluding carboxylic acids is 1. The van der Waals surface area contributed by atoms with Crippen LogP contribution in [0.5, 0.6) is 0 Å². The summed E-state index contributed by atoms with van der Waals surface area (Å²) in [7, 11) is 0. The van der Waals surface area contributed by atoms with Crippen molar-refractivity contribution in [3.8, 4) is 0 Å². The van der Waals surface area contributed by atoms with Crippen molar-refractivity contribution in [2.45, 2.75) is 37.8 Å². The summed E-state index contributed by atoms with van der Waals surface area (Å²) < 4.78 is 0. The number of rotatable bonds is 7. The van der Waals surface area contributed by atoms with Gasteiger partial charge in [0.25, 0.3) is 0 Å². The summed E-state index contributed by atoms with van der Waals surface area (Å²) in [4.78, 5) is 21.9. The van der Waals surface area contributed by atoms with E-state index in [-0.39, 0.29) is 42.8 Å². The molecule has 1 aliphatic heterocycles. The van der Waals surface area contributed by atoms with Crippen LogP contribution >= 0.6 is 24.8 Å². The first-order valence-corrected chi connectivity index (χ1v) is 10.7. The van der Waals surface area contributed by atoms with Gasteiger partial charge in [-0.15, -0.1) is 24.8 Å². The molecule has 1 saturated heterocycles.